The van der Waals surface area contributed by atoms with Gasteiger partial charge in [-0.2, -0.15) is 0 Å². The average molecular weight is 279 g/mol. The molecule has 1 aromatic carbocycles. The van der Waals surface area contributed by atoms with Crippen molar-refractivity contribution in [3.63, 3.8) is 0 Å². The normalized spacial score (nSPS) is 16.4. The quantitative estimate of drug-likeness (QED) is 0.832. The van der Waals surface area contributed by atoms with Gasteiger partial charge in [0.15, 0.2) is 6.61 Å². The molecule has 0 atom stereocenters. The van der Waals surface area contributed by atoms with E-state index in [2.05, 4.69) is 0 Å². The highest BCUT2D eigenvalue weighted by Crippen LogP contribution is 2.24. The van der Waals surface area contributed by atoms with Crippen LogP contribution in [0.1, 0.15) is 6.92 Å². The van der Waals surface area contributed by atoms with E-state index in [0.29, 0.717) is 18.8 Å². The molecular weight excluding hydrogens is 262 g/mol. The predicted molar refractivity (Wildman–Crippen MR) is 70.5 cm³/mol. The van der Waals surface area contributed by atoms with Crippen molar-refractivity contribution < 1.29 is 24.2 Å². The summed E-state index contributed by atoms with van der Waals surface area (Å²) >= 11 is 0. The minimum Gasteiger partial charge on any atom is -0.484 e. The smallest absolute Gasteiger partial charge is 0.329 e. The molecule has 1 N–H and O–H groups in total. The highest BCUT2D eigenvalue weighted by molar-refractivity contribution is 5.79. The van der Waals surface area contributed by atoms with Gasteiger partial charge in [-0.3, -0.25) is 4.79 Å². The number of carboxylic acids is 1. The fourth-order valence-electron chi connectivity index (χ4n) is 2.02. The molecule has 1 amide bonds. The fraction of sp³-hybridized carbons (Fsp3) is 0.429. The highest BCUT2D eigenvalue weighted by atomic mass is 16.5. The Labute approximate surface area is 116 Å². The lowest BCUT2D eigenvalue weighted by atomic mass is 9.96. The lowest BCUT2D eigenvalue weighted by Gasteiger charge is -2.47. The van der Waals surface area contributed by atoms with Gasteiger partial charge in [-0.25, -0.2) is 4.79 Å². The first-order valence-electron chi connectivity index (χ1n) is 6.30. The summed E-state index contributed by atoms with van der Waals surface area (Å²) in [7, 11) is 0. The van der Waals surface area contributed by atoms with Gasteiger partial charge in [-0.05, 0) is 19.1 Å². The van der Waals surface area contributed by atoms with E-state index < -0.39 is 11.6 Å². The van der Waals surface area contributed by atoms with E-state index in [1.165, 1.54) is 0 Å². The minimum absolute atomic E-state index is 0.0287. The van der Waals surface area contributed by atoms with Gasteiger partial charge in [0.2, 0.25) is 0 Å². The van der Waals surface area contributed by atoms with Crippen LogP contribution in [0, 0.1) is 0 Å². The zero-order valence-electron chi connectivity index (χ0n) is 11.2. The molecule has 6 nitrogen and oxygen atoms in total. The second-order valence-corrected chi connectivity index (χ2v) is 4.98. The van der Waals surface area contributed by atoms with E-state index in [0.717, 1.165) is 0 Å². The molecule has 0 aliphatic carbocycles. The van der Waals surface area contributed by atoms with Crippen LogP contribution in [-0.2, 0) is 14.3 Å². The molecule has 1 heterocycles. The van der Waals surface area contributed by atoms with Crippen molar-refractivity contribution in [3.05, 3.63) is 30.3 Å². The van der Waals surface area contributed by atoms with Crippen LogP contribution in [0.2, 0.25) is 0 Å². The van der Waals surface area contributed by atoms with Crippen LogP contribution in [0.3, 0.4) is 0 Å². The van der Waals surface area contributed by atoms with E-state index in [4.69, 9.17) is 14.6 Å². The third kappa shape index (κ3) is 3.71. The average Bonchev–Trinajstić information content (AvgIpc) is 2.40. The number of hydrogen-bond donors (Lipinski definition) is 1. The van der Waals surface area contributed by atoms with Crippen molar-refractivity contribution in [2.75, 3.05) is 26.3 Å². The Morgan fingerprint density at radius 3 is 2.50 bits per heavy atom. The van der Waals surface area contributed by atoms with Crippen molar-refractivity contribution in [1.82, 2.24) is 4.90 Å². The zero-order valence-corrected chi connectivity index (χ0v) is 11.2. The molecule has 1 aromatic rings. The number of carboxylic acid groups (broad SMARTS) is 1. The Hall–Kier alpha value is -2.08. The molecule has 0 bridgehead atoms. The number of benzene rings is 1. The SMILES string of the molecule is CC1(OCC(=O)O)CN(C(=O)COc2ccccc2)C1. The first-order chi connectivity index (χ1) is 9.48. The number of rotatable bonds is 6. The topological polar surface area (TPSA) is 76.1 Å². The van der Waals surface area contributed by atoms with E-state index in [1.54, 1.807) is 24.0 Å². The maximum absolute atomic E-state index is 11.9. The van der Waals surface area contributed by atoms with Gasteiger partial charge in [0, 0.05) is 0 Å². The standard InChI is InChI=1S/C14H17NO5/c1-14(20-8-13(17)18)9-15(10-14)12(16)7-19-11-5-3-2-4-6-11/h2-6H,7-10H2,1H3,(H,17,18). The molecule has 0 saturated carbocycles. The molecule has 0 unspecified atom stereocenters. The third-order valence-electron chi connectivity index (χ3n) is 3.05. The highest BCUT2D eigenvalue weighted by Gasteiger charge is 2.42. The van der Waals surface area contributed by atoms with Crippen molar-refractivity contribution in [1.29, 1.82) is 0 Å². The Bertz CT molecular complexity index is 482. The zero-order chi connectivity index (χ0) is 14.6. The Morgan fingerprint density at radius 2 is 1.90 bits per heavy atom. The predicted octanol–water partition coefficient (Wildman–Crippen LogP) is 0.767. The number of para-hydroxylation sites is 1. The number of amides is 1. The van der Waals surface area contributed by atoms with Crippen molar-refractivity contribution in [3.8, 4) is 5.75 Å². The minimum atomic E-state index is -1.01. The van der Waals surface area contributed by atoms with Crippen LogP contribution >= 0.6 is 0 Å². The maximum atomic E-state index is 11.9. The molecule has 1 aliphatic rings. The summed E-state index contributed by atoms with van der Waals surface area (Å²) in [5.41, 5.74) is -0.569. The van der Waals surface area contributed by atoms with Gasteiger partial charge in [-0.1, -0.05) is 18.2 Å². The number of nitrogens with zero attached hydrogens (tertiary/aromatic N) is 1. The van der Waals surface area contributed by atoms with Gasteiger partial charge in [0.05, 0.1) is 13.1 Å². The Kier molecular flexibility index (Phi) is 4.24. The third-order valence-corrected chi connectivity index (χ3v) is 3.05. The van der Waals surface area contributed by atoms with Crippen LogP contribution in [0.5, 0.6) is 5.75 Å². The maximum Gasteiger partial charge on any atom is 0.329 e. The molecule has 0 radical (unpaired) electrons. The summed E-state index contributed by atoms with van der Waals surface area (Å²) in [6, 6.07) is 9.10. The Morgan fingerprint density at radius 1 is 1.25 bits per heavy atom. The van der Waals surface area contributed by atoms with Crippen LogP contribution in [0.25, 0.3) is 0 Å². The van der Waals surface area contributed by atoms with Crippen molar-refractivity contribution in [2.45, 2.75) is 12.5 Å². The van der Waals surface area contributed by atoms with Gasteiger partial charge < -0.3 is 19.5 Å². The fourth-order valence-corrected chi connectivity index (χ4v) is 2.02. The molecule has 0 spiro atoms. The first-order valence-corrected chi connectivity index (χ1v) is 6.30. The van der Waals surface area contributed by atoms with Crippen LogP contribution in [0.4, 0.5) is 0 Å². The molecule has 108 valence electrons. The Balaban J connectivity index is 1.72. The van der Waals surface area contributed by atoms with Crippen LogP contribution in [0.15, 0.2) is 30.3 Å². The number of hydrogen-bond acceptors (Lipinski definition) is 4. The first kappa shape index (κ1) is 14.3. The molecule has 1 saturated heterocycles. The monoisotopic (exact) mass is 279 g/mol. The molecule has 6 heteroatoms. The molecular formula is C14H17NO5. The second-order valence-electron chi connectivity index (χ2n) is 4.98. The summed E-state index contributed by atoms with van der Waals surface area (Å²) in [6.07, 6.45) is 0. The molecule has 1 fully saturated rings. The number of carbonyl (C=O) groups is 2. The number of ether oxygens (including phenoxy) is 2. The van der Waals surface area contributed by atoms with Crippen molar-refractivity contribution >= 4 is 11.9 Å². The number of likely N-dealkylation sites (tertiary alicyclic amines) is 1. The van der Waals surface area contributed by atoms with Gasteiger partial charge >= 0.3 is 5.97 Å². The van der Waals surface area contributed by atoms with Gasteiger partial charge in [0.1, 0.15) is 18.0 Å². The lowest BCUT2D eigenvalue weighted by Crippen LogP contribution is -2.64. The summed E-state index contributed by atoms with van der Waals surface area (Å²) in [6.45, 7) is 2.18. The van der Waals surface area contributed by atoms with Crippen LogP contribution in [-0.4, -0.2) is 53.8 Å². The summed E-state index contributed by atoms with van der Waals surface area (Å²) in [5, 5.41) is 8.56. The molecule has 2 rings (SSSR count). The van der Waals surface area contributed by atoms with Crippen molar-refractivity contribution in [2.24, 2.45) is 0 Å². The molecule has 1 aliphatic heterocycles. The van der Waals surface area contributed by atoms with Gasteiger partial charge in [-0.15, -0.1) is 0 Å². The number of aliphatic carboxylic acids is 1. The van der Waals surface area contributed by atoms with Gasteiger partial charge in [0.25, 0.3) is 5.91 Å². The van der Waals surface area contributed by atoms with E-state index in [1.807, 2.05) is 18.2 Å². The summed E-state index contributed by atoms with van der Waals surface area (Å²) < 4.78 is 10.6. The van der Waals surface area contributed by atoms with E-state index in [9.17, 15) is 9.59 Å². The number of carbonyl (C=O) groups excluding carboxylic acids is 1. The largest absolute Gasteiger partial charge is 0.484 e. The summed E-state index contributed by atoms with van der Waals surface area (Å²) in [5.74, 6) is -0.500. The second kappa shape index (κ2) is 5.92. The lowest BCUT2D eigenvalue weighted by molar-refractivity contribution is -0.174. The molecule has 0 aromatic heterocycles. The summed E-state index contributed by atoms with van der Waals surface area (Å²) in [4.78, 5) is 23.9. The van der Waals surface area contributed by atoms with E-state index >= 15 is 0 Å². The molecule has 20 heavy (non-hydrogen) atoms. The van der Waals surface area contributed by atoms with Crippen LogP contribution < -0.4 is 4.74 Å². The van der Waals surface area contributed by atoms with E-state index in [-0.39, 0.29) is 19.1 Å².